The van der Waals surface area contributed by atoms with Crippen molar-refractivity contribution in [2.45, 2.75) is 26.7 Å². The summed E-state index contributed by atoms with van der Waals surface area (Å²) in [7, 11) is 0. The summed E-state index contributed by atoms with van der Waals surface area (Å²) in [4.78, 5) is 5.54. The minimum Gasteiger partial charge on any atom is -0.249 e. The third-order valence-corrected chi connectivity index (χ3v) is 2.11. The highest BCUT2D eigenvalue weighted by molar-refractivity contribution is 7.11. The van der Waals surface area contributed by atoms with Crippen LogP contribution in [0.3, 0.4) is 0 Å². The Morgan fingerprint density at radius 1 is 1.67 bits per heavy atom. The lowest BCUT2D eigenvalue weighted by Crippen LogP contribution is -1.76. The predicted molar refractivity (Wildman–Crippen MR) is 40.8 cm³/mol. The van der Waals surface area contributed by atoms with E-state index >= 15 is 0 Å². The Hall–Kier alpha value is -0.370. The second-order valence-corrected chi connectivity index (χ2v) is 3.43. The summed E-state index contributed by atoms with van der Waals surface area (Å²) in [6.07, 6.45) is 4.28. The topological polar surface area (TPSA) is 12.9 Å². The highest BCUT2D eigenvalue weighted by atomic mass is 32.1. The molecule has 0 radical (unpaired) electrons. The van der Waals surface area contributed by atoms with Crippen LogP contribution in [0, 0.1) is 6.92 Å². The van der Waals surface area contributed by atoms with Crippen molar-refractivity contribution in [2.75, 3.05) is 0 Å². The average molecular weight is 141 g/mol. The van der Waals surface area contributed by atoms with E-state index in [1.165, 1.54) is 16.3 Å². The van der Waals surface area contributed by atoms with Gasteiger partial charge in [-0.05, 0) is 19.8 Å². The molecule has 1 aromatic heterocycles. The molecule has 1 rings (SSSR count). The summed E-state index contributed by atoms with van der Waals surface area (Å²) in [5.74, 6) is 0. The fraction of sp³-hybridized carbons (Fsp3) is 0.571. The molecule has 0 saturated heterocycles. The molecular weight excluding hydrogens is 130 g/mol. The van der Waals surface area contributed by atoms with E-state index in [-0.39, 0.29) is 0 Å². The van der Waals surface area contributed by atoms with E-state index in [2.05, 4.69) is 18.8 Å². The van der Waals surface area contributed by atoms with Gasteiger partial charge in [-0.25, -0.2) is 4.98 Å². The van der Waals surface area contributed by atoms with Gasteiger partial charge in [-0.3, -0.25) is 0 Å². The summed E-state index contributed by atoms with van der Waals surface area (Å²) >= 11 is 1.80. The molecule has 1 aromatic rings. The van der Waals surface area contributed by atoms with Gasteiger partial charge in [-0.1, -0.05) is 6.92 Å². The number of nitrogens with zero attached hydrogens (tertiary/aromatic N) is 1. The van der Waals surface area contributed by atoms with Gasteiger partial charge in [0.2, 0.25) is 0 Å². The van der Waals surface area contributed by atoms with Crippen molar-refractivity contribution in [1.29, 1.82) is 0 Å². The summed E-state index contributed by atoms with van der Waals surface area (Å²) in [6.45, 7) is 4.27. The minimum atomic E-state index is 1.14. The van der Waals surface area contributed by atoms with Crippen LogP contribution in [0.2, 0.25) is 0 Å². The zero-order valence-corrected chi connectivity index (χ0v) is 6.66. The predicted octanol–water partition coefficient (Wildman–Crippen LogP) is 2.40. The maximum Gasteiger partial charge on any atom is 0.0927 e. The van der Waals surface area contributed by atoms with Gasteiger partial charge in [0.05, 0.1) is 5.01 Å². The Labute approximate surface area is 59.8 Å². The van der Waals surface area contributed by atoms with Crippen molar-refractivity contribution < 1.29 is 0 Å². The normalized spacial score (nSPS) is 10.0. The van der Waals surface area contributed by atoms with Gasteiger partial charge in [0.15, 0.2) is 0 Å². The summed E-state index contributed by atoms with van der Waals surface area (Å²) in [5, 5.41) is 1.27. The molecule has 0 aliphatic heterocycles. The van der Waals surface area contributed by atoms with E-state index < -0.39 is 0 Å². The first-order valence-electron chi connectivity index (χ1n) is 3.24. The average Bonchev–Trinajstić information content (AvgIpc) is 2.17. The van der Waals surface area contributed by atoms with Crippen LogP contribution in [0.25, 0.3) is 0 Å². The molecule has 2 heteroatoms. The lowest BCUT2D eigenvalue weighted by molar-refractivity contribution is 0.909. The Morgan fingerprint density at radius 3 is 2.89 bits per heavy atom. The highest BCUT2D eigenvalue weighted by Crippen LogP contribution is 2.12. The van der Waals surface area contributed by atoms with E-state index in [0.29, 0.717) is 0 Å². The molecule has 0 unspecified atom stereocenters. The molecule has 0 aliphatic rings. The number of hydrogen-bond donors (Lipinski definition) is 0. The SMILES string of the molecule is CCCc1ncc(C)s1. The Morgan fingerprint density at radius 2 is 2.44 bits per heavy atom. The molecule has 0 amide bonds. The van der Waals surface area contributed by atoms with Crippen LogP contribution in [0.4, 0.5) is 0 Å². The monoisotopic (exact) mass is 141 g/mol. The maximum atomic E-state index is 4.22. The largest absolute Gasteiger partial charge is 0.249 e. The number of aryl methyl sites for hydroxylation is 2. The first kappa shape index (κ1) is 6.75. The molecule has 0 aromatic carbocycles. The van der Waals surface area contributed by atoms with Crippen LogP contribution < -0.4 is 0 Å². The third-order valence-electron chi connectivity index (χ3n) is 1.13. The molecule has 0 spiro atoms. The van der Waals surface area contributed by atoms with Gasteiger partial charge in [0.1, 0.15) is 0 Å². The maximum absolute atomic E-state index is 4.22. The second-order valence-electron chi connectivity index (χ2n) is 2.11. The zero-order chi connectivity index (χ0) is 6.69. The fourth-order valence-corrected chi connectivity index (χ4v) is 1.62. The van der Waals surface area contributed by atoms with Crippen molar-refractivity contribution in [3.63, 3.8) is 0 Å². The van der Waals surface area contributed by atoms with E-state index in [1.54, 1.807) is 11.3 Å². The van der Waals surface area contributed by atoms with Gasteiger partial charge in [0, 0.05) is 11.1 Å². The van der Waals surface area contributed by atoms with Gasteiger partial charge in [0.25, 0.3) is 0 Å². The molecule has 0 bridgehead atoms. The van der Waals surface area contributed by atoms with Crippen LogP contribution in [0.15, 0.2) is 6.20 Å². The Balaban J connectivity index is 2.61. The van der Waals surface area contributed by atoms with Gasteiger partial charge < -0.3 is 0 Å². The van der Waals surface area contributed by atoms with Gasteiger partial charge >= 0.3 is 0 Å². The first-order valence-corrected chi connectivity index (χ1v) is 4.06. The molecule has 0 saturated carbocycles. The second kappa shape index (κ2) is 2.97. The standard InChI is InChI=1S/C7H11NS/c1-3-4-7-8-5-6(2)9-7/h5H,3-4H2,1-2H3. The van der Waals surface area contributed by atoms with Gasteiger partial charge in [-0.15, -0.1) is 11.3 Å². The molecule has 1 nitrogen and oxygen atoms in total. The van der Waals surface area contributed by atoms with E-state index in [1.807, 2.05) is 6.20 Å². The number of hydrogen-bond acceptors (Lipinski definition) is 2. The number of thiazole rings is 1. The van der Waals surface area contributed by atoms with E-state index in [9.17, 15) is 0 Å². The zero-order valence-electron chi connectivity index (χ0n) is 5.85. The summed E-state index contributed by atoms with van der Waals surface area (Å²) < 4.78 is 0. The summed E-state index contributed by atoms with van der Waals surface area (Å²) in [5.41, 5.74) is 0. The van der Waals surface area contributed by atoms with Crippen LogP contribution >= 0.6 is 11.3 Å². The van der Waals surface area contributed by atoms with Crippen molar-refractivity contribution in [3.8, 4) is 0 Å². The van der Waals surface area contributed by atoms with Crippen molar-refractivity contribution in [2.24, 2.45) is 0 Å². The van der Waals surface area contributed by atoms with Crippen LogP contribution in [-0.4, -0.2) is 4.98 Å². The molecule has 50 valence electrons. The van der Waals surface area contributed by atoms with Crippen molar-refractivity contribution in [3.05, 3.63) is 16.1 Å². The van der Waals surface area contributed by atoms with Crippen LogP contribution in [0.5, 0.6) is 0 Å². The highest BCUT2D eigenvalue weighted by Gasteiger charge is 1.94. The van der Waals surface area contributed by atoms with E-state index in [0.717, 1.165) is 6.42 Å². The molecule has 0 atom stereocenters. The minimum absolute atomic E-state index is 1.14. The first-order chi connectivity index (χ1) is 4.33. The molecule has 1 heterocycles. The molecule has 0 N–H and O–H groups in total. The Kier molecular flexibility index (Phi) is 2.22. The Bertz CT molecular complexity index is 181. The number of aromatic nitrogens is 1. The van der Waals surface area contributed by atoms with Crippen molar-refractivity contribution >= 4 is 11.3 Å². The summed E-state index contributed by atoms with van der Waals surface area (Å²) in [6, 6.07) is 0. The molecule has 9 heavy (non-hydrogen) atoms. The van der Waals surface area contributed by atoms with E-state index in [4.69, 9.17) is 0 Å². The third kappa shape index (κ3) is 1.79. The molecule has 0 fully saturated rings. The van der Waals surface area contributed by atoms with Crippen LogP contribution in [0.1, 0.15) is 23.2 Å². The van der Waals surface area contributed by atoms with Gasteiger partial charge in [-0.2, -0.15) is 0 Å². The lowest BCUT2D eigenvalue weighted by Gasteiger charge is -1.85. The quantitative estimate of drug-likeness (QED) is 0.616. The molecular formula is C7H11NS. The van der Waals surface area contributed by atoms with Crippen LogP contribution in [-0.2, 0) is 6.42 Å². The van der Waals surface area contributed by atoms with Crippen molar-refractivity contribution in [1.82, 2.24) is 4.98 Å². The smallest absolute Gasteiger partial charge is 0.0927 e. The molecule has 0 aliphatic carbocycles. The lowest BCUT2D eigenvalue weighted by atomic mass is 10.4. The number of rotatable bonds is 2. The fourth-order valence-electron chi connectivity index (χ4n) is 0.731.